The topological polar surface area (TPSA) is 103 Å². The molecule has 0 fully saturated rings. The lowest BCUT2D eigenvalue weighted by molar-refractivity contribution is -0.132. The highest BCUT2D eigenvalue weighted by molar-refractivity contribution is 7.92. The molecule has 2 heterocycles. The van der Waals surface area contributed by atoms with E-state index in [1.54, 1.807) is 35.0 Å². The number of hydrogen-bond acceptors (Lipinski definition) is 6. The second-order valence-corrected chi connectivity index (χ2v) is 11.9. The van der Waals surface area contributed by atoms with Crippen LogP contribution in [-0.4, -0.2) is 24.2 Å². The normalized spacial score (nSPS) is 12.3. The highest BCUT2D eigenvalue weighted by Crippen LogP contribution is 2.46. The molecule has 0 saturated carbocycles. The summed E-state index contributed by atoms with van der Waals surface area (Å²) in [5, 5.41) is 5.37. The van der Waals surface area contributed by atoms with Gasteiger partial charge in [-0.15, -0.1) is 0 Å². The predicted octanol–water partition coefficient (Wildman–Crippen LogP) is 7.14. The van der Waals surface area contributed by atoms with Crippen molar-refractivity contribution < 1.29 is 22.4 Å². The van der Waals surface area contributed by atoms with Crippen LogP contribution in [0, 0.1) is 13.8 Å². The molecule has 1 unspecified atom stereocenters. The van der Waals surface area contributed by atoms with Crippen molar-refractivity contribution in [3.8, 4) is 11.6 Å². The number of nitrogens with one attached hydrogen (secondary N) is 1. The molecule has 6 rings (SSSR count). The number of hydrogen-bond donors (Lipinski definition) is 1. The van der Waals surface area contributed by atoms with Crippen molar-refractivity contribution in [2.45, 2.75) is 31.6 Å². The van der Waals surface area contributed by atoms with Crippen molar-refractivity contribution in [3.63, 3.8) is 0 Å². The van der Waals surface area contributed by atoms with Gasteiger partial charge in [-0.25, -0.2) is 13.1 Å². The summed E-state index contributed by atoms with van der Waals surface area (Å²) in [5.41, 5.74) is 4.39. The lowest BCUT2D eigenvalue weighted by Crippen LogP contribution is -2.16. The fraction of sp³-hybridized carbons (Fsp3) is 0.118. The van der Waals surface area contributed by atoms with E-state index in [1.807, 2.05) is 92.7 Å². The first kappa shape index (κ1) is 28.0. The summed E-state index contributed by atoms with van der Waals surface area (Å²) in [6, 6.07) is 32.8. The number of rotatable bonds is 8. The number of benzene rings is 4. The van der Waals surface area contributed by atoms with Gasteiger partial charge in [0.1, 0.15) is 11.3 Å². The highest BCUT2D eigenvalue weighted by atomic mass is 32.2. The summed E-state index contributed by atoms with van der Waals surface area (Å²) in [7, 11) is -4.01. The fourth-order valence-corrected chi connectivity index (χ4v) is 6.30. The molecule has 1 atom stereocenters. The summed E-state index contributed by atoms with van der Waals surface area (Å²) in [6.07, 6.45) is 0. The first-order valence-electron chi connectivity index (χ1n) is 13.7. The van der Waals surface area contributed by atoms with Crippen molar-refractivity contribution in [3.05, 3.63) is 137 Å². The molecule has 2 aromatic heterocycles. The van der Waals surface area contributed by atoms with Crippen LogP contribution in [0.15, 0.2) is 119 Å². The number of aromatic nitrogens is 2. The average Bonchev–Trinajstić information content (AvgIpc) is 3.51. The van der Waals surface area contributed by atoms with Gasteiger partial charge in [-0.3, -0.25) is 9.52 Å². The molecular weight excluding hydrogens is 562 g/mol. The summed E-state index contributed by atoms with van der Waals surface area (Å²) >= 11 is 0. The second-order valence-electron chi connectivity index (χ2n) is 10.2. The molecule has 1 N–H and O–H groups in total. The number of furan rings is 1. The third-order valence-corrected chi connectivity index (χ3v) is 8.54. The Bertz CT molecular complexity index is 2030. The molecule has 0 saturated heterocycles. The van der Waals surface area contributed by atoms with E-state index in [0.29, 0.717) is 39.4 Å². The smallest absolute Gasteiger partial charge is 0.309 e. The number of aryl methyl sites for hydroxylation is 2. The molecule has 216 valence electrons. The highest BCUT2D eigenvalue weighted by Gasteiger charge is 2.35. The largest absolute Gasteiger partial charge is 0.458 e. The first-order chi connectivity index (χ1) is 20.7. The van der Waals surface area contributed by atoms with E-state index in [0.717, 1.165) is 11.1 Å². The third kappa shape index (κ3) is 5.42. The van der Waals surface area contributed by atoms with Crippen LogP contribution in [0.3, 0.4) is 0 Å². The van der Waals surface area contributed by atoms with Crippen LogP contribution >= 0.6 is 0 Å². The quantitative estimate of drug-likeness (QED) is 0.189. The van der Waals surface area contributed by atoms with Crippen LogP contribution in [0.4, 0.5) is 5.69 Å². The fourth-order valence-electron chi connectivity index (χ4n) is 5.21. The summed E-state index contributed by atoms with van der Waals surface area (Å²) in [5.74, 6) is -0.656. The minimum absolute atomic E-state index is 0.124. The Morgan fingerprint density at radius 3 is 2.16 bits per heavy atom. The molecule has 0 amide bonds. The number of esters is 1. The van der Waals surface area contributed by atoms with Gasteiger partial charge in [0, 0.05) is 12.3 Å². The van der Waals surface area contributed by atoms with E-state index in [4.69, 9.17) is 14.3 Å². The van der Waals surface area contributed by atoms with E-state index in [9.17, 15) is 13.2 Å². The van der Waals surface area contributed by atoms with Gasteiger partial charge < -0.3 is 9.15 Å². The molecule has 8 nitrogen and oxygen atoms in total. The van der Waals surface area contributed by atoms with Crippen LogP contribution in [0.5, 0.6) is 5.88 Å². The molecule has 9 heteroatoms. The van der Waals surface area contributed by atoms with Crippen LogP contribution < -0.4 is 9.46 Å². The van der Waals surface area contributed by atoms with Crippen molar-refractivity contribution in [1.82, 2.24) is 9.78 Å². The standard InChI is InChI=1S/C34H29N3O5S/c1-22-18-20-27(21-19-22)43(39,40)36-32-28-16-10-11-17-29(28)42-33(32)31(25-12-6-4-7-13-25)30-23(2)35-37(34(30)41-24(3)38)26-14-8-5-9-15-26/h4-21,31,36H,1-3H3. The van der Waals surface area contributed by atoms with E-state index in [1.165, 1.54) is 6.92 Å². The van der Waals surface area contributed by atoms with Gasteiger partial charge in [0.25, 0.3) is 10.0 Å². The molecule has 0 aliphatic carbocycles. The zero-order valence-electron chi connectivity index (χ0n) is 23.8. The second kappa shape index (κ2) is 11.3. The lowest BCUT2D eigenvalue weighted by Gasteiger charge is -2.19. The van der Waals surface area contributed by atoms with Crippen molar-refractivity contribution in [2.24, 2.45) is 0 Å². The van der Waals surface area contributed by atoms with Gasteiger partial charge in [-0.1, -0.05) is 78.4 Å². The molecule has 43 heavy (non-hydrogen) atoms. The summed E-state index contributed by atoms with van der Waals surface area (Å²) < 4.78 is 44.2. The number of para-hydroxylation sites is 2. The van der Waals surface area contributed by atoms with E-state index in [-0.39, 0.29) is 10.8 Å². The lowest BCUT2D eigenvalue weighted by atomic mass is 9.88. The maximum atomic E-state index is 13.7. The number of sulfonamides is 1. The predicted molar refractivity (Wildman–Crippen MR) is 165 cm³/mol. The minimum atomic E-state index is -4.01. The average molecular weight is 592 g/mol. The Kier molecular flexibility index (Phi) is 7.33. The number of anilines is 1. The molecule has 6 aromatic rings. The SMILES string of the molecule is CC(=O)Oc1c(C(c2ccccc2)c2oc3ccccc3c2NS(=O)(=O)c2ccc(C)cc2)c(C)nn1-c1ccccc1. The summed E-state index contributed by atoms with van der Waals surface area (Å²) in [6.45, 7) is 5.06. The number of nitrogens with zero attached hydrogens (tertiary/aromatic N) is 2. The van der Waals surface area contributed by atoms with Gasteiger partial charge in [0.15, 0.2) is 0 Å². The maximum Gasteiger partial charge on any atom is 0.309 e. The Balaban J connectivity index is 1.62. The summed E-state index contributed by atoms with van der Waals surface area (Å²) in [4.78, 5) is 12.6. The van der Waals surface area contributed by atoms with Crippen LogP contribution in [-0.2, 0) is 14.8 Å². The molecule has 0 aliphatic heterocycles. The van der Waals surface area contributed by atoms with Gasteiger partial charge in [-0.05, 0) is 55.8 Å². The monoisotopic (exact) mass is 591 g/mol. The Morgan fingerprint density at radius 1 is 0.860 bits per heavy atom. The van der Waals surface area contributed by atoms with Crippen molar-refractivity contribution in [1.29, 1.82) is 0 Å². The van der Waals surface area contributed by atoms with E-state index in [2.05, 4.69) is 4.72 Å². The Morgan fingerprint density at radius 2 is 1.49 bits per heavy atom. The van der Waals surface area contributed by atoms with Crippen LogP contribution in [0.1, 0.15) is 41.0 Å². The maximum absolute atomic E-state index is 13.7. The molecule has 0 aliphatic rings. The number of carbonyl (C=O) groups is 1. The molecule has 4 aromatic carbocycles. The minimum Gasteiger partial charge on any atom is -0.458 e. The number of fused-ring (bicyclic) bond motifs is 1. The van der Waals surface area contributed by atoms with Gasteiger partial charge in [0.05, 0.1) is 33.4 Å². The molecule has 0 bridgehead atoms. The molecule has 0 spiro atoms. The molecular formula is C34H29N3O5S. The van der Waals surface area contributed by atoms with Crippen molar-refractivity contribution >= 4 is 32.6 Å². The Labute approximate surface area is 249 Å². The van der Waals surface area contributed by atoms with Gasteiger partial charge in [0.2, 0.25) is 5.88 Å². The van der Waals surface area contributed by atoms with Gasteiger partial charge >= 0.3 is 5.97 Å². The van der Waals surface area contributed by atoms with Crippen LogP contribution in [0.2, 0.25) is 0 Å². The number of carbonyl (C=O) groups excluding carboxylic acids is 1. The number of ether oxygens (including phenoxy) is 1. The molecule has 0 radical (unpaired) electrons. The first-order valence-corrected chi connectivity index (χ1v) is 15.2. The van der Waals surface area contributed by atoms with E-state index < -0.39 is 21.9 Å². The van der Waals surface area contributed by atoms with Crippen molar-refractivity contribution in [2.75, 3.05) is 4.72 Å². The van der Waals surface area contributed by atoms with E-state index >= 15 is 0 Å². The third-order valence-electron chi connectivity index (χ3n) is 7.18. The van der Waals surface area contributed by atoms with Gasteiger partial charge in [-0.2, -0.15) is 5.10 Å². The van der Waals surface area contributed by atoms with Crippen LogP contribution in [0.25, 0.3) is 16.7 Å². The Hall–Kier alpha value is -5.15. The zero-order chi connectivity index (χ0) is 30.1. The zero-order valence-corrected chi connectivity index (χ0v) is 24.6.